The molecule has 0 spiro atoms. The van der Waals surface area contributed by atoms with Crippen LogP contribution in [0.1, 0.15) is 21.5 Å². The van der Waals surface area contributed by atoms with E-state index in [2.05, 4.69) is 26.3 Å². The maximum atomic E-state index is 12.6. The zero-order chi connectivity index (χ0) is 22.5. The molecule has 0 aliphatic rings. The van der Waals surface area contributed by atoms with Gasteiger partial charge in [-0.3, -0.25) is 9.48 Å². The van der Waals surface area contributed by atoms with Crippen molar-refractivity contribution in [3.63, 3.8) is 0 Å². The Kier molecular flexibility index (Phi) is 7.15. The number of para-hydroxylation sites is 1. The fourth-order valence-electron chi connectivity index (χ4n) is 3.02. The SMILES string of the molecule is O=C(Nc1nn(Cc2ccccc2Cl)cc1Cl)c1ccc(COc2ccccc2Br)cc1. The summed E-state index contributed by atoms with van der Waals surface area (Å²) in [6.45, 7) is 0.838. The van der Waals surface area contributed by atoms with Crippen molar-refractivity contribution >= 4 is 50.9 Å². The van der Waals surface area contributed by atoms with Crippen molar-refractivity contribution in [1.29, 1.82) is 0 Å². The van der Waals surface area contributed by atoms with Crippen LogP contribution in [0.3, 0.4) is 0 Å². The van der Waals surface area contributed by atoms with Gasteiger partial charge in [-0.05, 0) is 57.4 Å². The van der Waals surface area contributed by atoms with Crippen LogP contribution in [0.2, 0.25) is 10.0 Å². The normalized spacial score (nSPS) is 10.7. The number of nitrogens with zero attached hydrogens (tertiary/aromatic N) is 2. The number of rotatable bonds is 7. The topological polar surface area (TPSA) is 56.2 Å². The van der Waals surface area contributed by atoms with Crippen LogP contribution >= 0.6 is 39.1 Å². The monoisotopic (exact) mass is 529 g/mol. The zero-order valence-electron chi connectivity index (χ0n) is 16.8. The number of hydrogen-bond donors (Lipinski definition) is 1. The molecular weight excluding hydrogens is 513 g/mol. The second-order valence-corrected chi connectivity index (χ2v) is 8.65. The molecule has 0 radical (unpaired) electrons. The molecule has 4 rings (SSSR count). The summed E-state index contributed by atoms with van der Waals surface area (Å²) in [5.41, 5.74) is 2.34. The molecule has 162 valence electrons. The molecule has 0 bridgehead atoms. The number of aromatic nitrogens is 2. The van der Waals surface area contributed by atoms with Crippen molar-refractivity contribution in [2.45, 2.75) is 13.2 Å². The van der Waals surface area contributed by atoms with E-state index in [0.29, 0.717) is 34.6 Å². The number of hydrogen-bond acceptors (Lipinski definition) is 3. The fourth-order valence-corrected chi connectivity index (χ4v) is 3.81. The molecule has 0 saturated heterocycles. The van der Waals surface area contributed by atoms with Gasteiger partial charge in [0.1, 0.15) is 17.4 Å². The van der Waals surface area contributed by atoms with Gasteiger partial charge >= 0.3 is 0 Å². The Morgan fingerprint density at radius 2 is 1.69 bits per heavy atom. The van der Waals surface area contributed by atoms with E-state index in [0.717, 1.165) is 21.3 Å². The molecule has 8 heteroatoms. The Balaban J connectivity index is 1.38. The molecular formula is C24H18BrCl2N3O2. The summed E-state index contributed by atoms with van der Waals surface area (Å²) >= 11 is 15.9. The van der Waals surface area contributed by atoms with Crippen molar-refractivity contribution in [3.8, 4) is 5.75 Å². The number of ether oxygens (including phenoxy) is 1. The minimum Gasteiger partial charge on any atom is -0.488 e. The predicted octanol–water partition coefficient (Wildman–Crippen LogP) is 6.83. The number of carbonyl (C=O) groups excluding carboxylic acids is 1. The van der Waals surface area contributed by atoms with Gasteiger partial charge in [0, 0.05) is 16.8 Å². The maximum Gasteiger partial charge on any atom is 0.256 e. The number of benzene rings is 3. The van der Waals surface area contributed by atoms with E-state index in [9.17, 15) is 4.79 Å². The van der Waals surface area contributed by atoms with Gasteiger partial charge in [0.25, 0.3) is 5.91 Å². The molecule has 3 aromatic carbocycles. The molecule has 0 atom stereocenters. The highest BCUT2D eigenvalue weighted by Gasteiger charge is 2.13. The van der Waals surface area contributed by atoms with Crippen LogP contribution in [0.25, 0.3) is 0 Å². The number of amides is 1. The molecule has 0 aliphatic heterocycles. The highest BCUT2D eigenvalue weighted by Crippen LogP contribution is 2.25. The summed E-state index contributed by atoms with van der Waals surface area (Å²) in [5.74, 6) is 0.759. The molecule has 5 nitrogen and oxygen atoms in total. The summed E-state index contributed by atoms with van der Waals surface area (Å²) in [7, 11) is 0. The van der Waals surface area contributed by atoms with Gasteiger partial charge in [-0.15, -0.1) is 0 Å². The van der Waals surface area contributed by atoms with Crippen LogP contribution in [-0.4, -0.2) is 15.7 Å². The van der Waals surface area contributed by atoms with E-state index in [1.807, 2.05) is 60.7 Å². The molecule has 1 N–H and O–H groups in total. The average Bonchev–Trinajstić information content (AvgIpc) is 3.13. The van der Waals surface area contributed by atoms with Gasteiger partial charge in [0.2, 0.25) is 0 Å². The first-order chi connectivity index (χ1) is 15.5. The Hall–Kier alpha value is -2.80. The first-order valence-corrected chi connectivity index (χ1v) is 11.3. The molecule has 1 amide bonds. The molecule has 0 aliphatic carbocycles. The Bertz CT molecular complexity index is 1240. The third-order valence-electron chi connectivity index (χ3n) is 4.69. The van der Waals surface area contributed by atoms with Crippen molar-refractivity contribution in [1.82, 2.24) is 9.78 Å². The van der Waals surface area contributed by atoms with E-state index in [4.69, 9.17) is 27.9 Å². The Labute approximate surface area is 204 Å². The second kappa shape index (κ2) is 10.2. The lowest BCUT2D eigenvalue weighted by atomic mass is 10.1. The van der Waals surface area contributed by atoms with Crippen molar-refractivity contribution < 1.29 is 9.53 Å². The molecule has 0 saturated carbocycles. The number of carbonyl (C=O) groups is 1. The van der Waals surface area contributed by atoms with Crippen LogP contribution in [0.15, 0.2) is 83.5 Å². The summed E-state index contributed by atoms with van der Waals surface area (Å²) < 4.78 is 8.34. The smallest absolute Gasteiger partial charge is 0.256 e. The fraction of sp³-hybridized carbons (Fsp3) is 0.0833. The van der Waals surface area contributed by atoms with Gasteiger partial charge in [0.15, 0.2) is 5.82 Å². The molecule has 32 heavy (non-hydrogen) atoms. The third kappa shape index (κ3) is 5.51. The Morgan fingerprint density at radius 3 is 2.44 bits per heavy atom. The van der Waals surface area contributed by atoms with E-state index >= 15 is 0 Å². The van der Waals surface area contributed by atoms with E-state index < -0.39 is 0 Å². The minimum absolute atomic E-state index is 0.296. The molecule has 1 aromatic heterocycles. The quantitative estimate of drug-likeness (QED) is 0.285. The maximum absolute atomic E-state index is 12.6. The molecule has 4 aromatic rings. The first kappa shape index (κ1) is 22.4. The van der Waals surface area contributed by atoms with Crippen LogP contribution in [0, 0.1) is 0 Å². The first-order valence-electron chi connectivity index (χ1n) is 9.73. The largest absolute Gasteiger partial charge is 0.488 e. The van der Waals surface area contributed by atoms with Crippen molar-refractivity contribution in [2.75, 3.05) is 5.32 Å². The highest BCUT2D eigenvalue weighted by atomic mass is 79.9. The van der Waals surface area contributed by atoms with Crippen LogP contribution in [0.5, 0.6) is 5.75 Å². The van der Waals surface area contributed by atoms with Gasteiger partial charge in [-0.1, -0.05) is 65.7 Å². The van der Waals surface area contributed by atoms with Crippen molar-refractivity contribution in [3.05, 3.63) is 110 Å². The summed E-state index contributed by atoms with van der Waals surface area (Å²) in [6.07, 6.45) is 1.66. The summed E-state index contributed by atoms with van der Waals surface area (Å²) in [6, 6.07) is 22.3. The minimum atomic E-state index is -0.298. The zero-order valence-corrected chi connectivity index (χ0v) is 19.9. The highest BCUT2D eigenvalue weighted by molar-refractivity contribution is 9.10. The van der Waals surface area contributed by atoms with Crippen LogP contribution in [0.4, 0.5) is 5.82 Å². The van der Waals surface area contributed by atoms with E-state index in [1.54, 1.807) is 23.0 Å². The third-order valence-corrected chi connectivity index (χ3v) is 5.99. The standard InChI is InChI=1S/C24H18BrCl2N3O2/c25-19-6-2-4-8-22(19)32-15-16-9-11-17(12-10-16)24(31)28-23-21(27)14-30(29-23)13-18-5-1-3-7-20(18)26/h1-12,14H,13,15H2,(H,28,29,31). The van der Waals surface area contributed by atoms with Crippen LogP contribution in [-0.2, 0) is 13.2 Å². The average molecular weight is 531 g/mol. The van der Waals surface area contributed by atoms with Crippen molar-refractivity contribution in [2.24, 2.45) is 0 Å². The summed E-state index contributed by atoms with van der Waals surface area (Å²) in [5, 5.41) is 8.13. The molecule has 0 fully saturated rings. The van der Waals surface area contributed by atoms with Gasteiger partial charge in [0.05, 0.1) is 11.0 Å². The molecule has 0 unspecified atom stereocenters. The lowest BCUT2D eigenvalue weighted by Gasteiger charge is -2.09. The Morgan fingerprint density at radius 1 is 0.969 bits per heavy atom. The summed E-state index contributed by atoms with van der Waals surface area (Å²) in [4.78, 5) is 12.6. The lowest BCUT2D eigenvalue weighted by molar-refractivity contribution is 0.102. The van der Waals surface area contributed by atoms with E-state index in [1.165, 1.54) is 0 Å². The second-order valence-electron chi connectivity index (χ2n) is 6.98. The van der Waals surface area contributed by atoms with Gasteiger partial charge in [-0.2, -0.15) is 5.10 Å². The predicted molar refractivity (Wildman–Crippen MR) is 131 cm³/mol. The number of anilines is 1. The van der Waals surface area contributed by atoms with Crippen LogP contribution < -0.4 is 10.1 Å². The van der Waals surface area contributed by atoms with Gasteiger partial charge in [-0.25, -0.2) is 0 Å². The number of nitrogens with one attached hydrogen (secondary N) is 1. The lowest BCUT2D eigenvalue weighted by Crippen LogP contribution is -2.13. The molecule has 1 heterocycles. The van der Waals surface area contributed by atoms with E-state index in [-0.39, 0.29) is 5.91 Å². The van der Waals surface area contributed by atoms with Gasteiger partial charge < -0.3 is 10.1 Å². The number of halogens is 3.